The molecule has 0 radical (unpaired) electrons. The topological polar surface area (TPSA) is 152 Å². The first kappa shape index (κ1) is 13.4. The van der Waals surface area contributed by atoms with Gasteiger partial charge in [0.1, 0.15) is 23.4 Å². The number of benzene rings is 1. The molecule has 0 atom stereocenters. The van der Waals surface area contributed by atoms with Crippen molar-refractivity contribution in [3.8, 4) is 0 Å². The smallest absolute Gasteiger partial charge is 0.306 e. The average molecular weight is 277 g/mol. The number of carbonyl (C=O) groups excluding carboxylic acids is 1. The van der Waals surface area contributed by atoms with Gasteiger partial charge in [0, 0.05) is 0 Å². The highest BCUT2D eigenvalue weighted by molar-refractivity contribution is 6.00. The van der Waals surface area contributed by atoms with Gasteiger partial charge in [0.05, 0.1) is 11.5 Å². The van der Waals surface area contributed by atoms with Crippen LogP contribution in [0.25, 0.3) is 0 Å². The van der Waals surface area contributed by atoms with Gasteiger partial charge in [0.15, 0.2) is 0 Å². The third-order valence-corrected chi connectivity index (χ3v) is 2.50. The number of anilines is 1. The second-order valence-electron chi connectivity index (χ2n) is 3.72. The minimum absolute atomic E-state index is 0.0577. The fraction of sp³-hybridized carbons (Fsp3) is 0.100. The number of hydrogen-bond acceptors (Lipinski definition) is 7. The van der Waals surface area contributed by atoms with Crippen molar-refractivity contribution in [2.45, 2.75) is 6.54 Å². The van der Waals surface area contributed by atoms with Crippen molar-refractivity contribution < 1.29 is 9.72 Å². The molecule has 1 aromatic heterocycles. The minimum atomic E-state index is -0.668. The molecular weight excluding hydrogens is 266 g/mol. The Morgan fingerprint density at radius 2 is 2.30 bits per heavy atom. The van der Waals surface area contributed by atoms with E-state index >= 15 is 0 Å². The maximum Gasteiger partial charge on any atom is 0.306 e. The van der Waals surface area contributed by atoms with E-state index in [-0.39, 0.29) is 23.5 Å². The largest absolute Gasteiger partial charge is 0.345 e. The zero-order valence-electron chi connectivity index (χ0n) is 10.2. The van der Waals surface area contributed by atoms with E-state index in [2.05, 4.69) is 25.9 Å². The molecule has 10 heteroatoms. The molecule has 0 bridgehead atoms. The van der Waals surface area contributed by atoms with Crippen LogP contribution in [0.3, 0.4) is 0 Å². The van der Waals surface area contributed by atoms with E-state index in [9.17, 15) is 14.9 Å². The van der Waals surface area contributed by atoms with Crippen LogP contribution in [0.1, 0.15) is 16.2 Å². The van der Waals surface area contributed by atoms with Crippen molar-refractivity contribution in [3.63, 3.8) is 0 Å². The van der Waals surface area contributed by atoms with Gasteiger partial charge in [-0.1, -0.05) is 6.07 Å². The third kappa shape index (κ3) is 2.70. The van der Waals surface area contributed by atoms with Crippen molar-refractivity contribution in [1.82, 2.24) is 20.5 Å². The van der Waals surface area contributed by atoms with E-state index in [0.717, 1.165) is 0 Å². The SMILES string of the molecule is NNc1cccc(C(=O)NCc2ncn[nH]2)c1[N+](=O)[O-]. The number of hydrazine groups is 1. The van der Waals surface area contributed by atoms with Crippen LogP contribution in [-0.2, 0) is 6.54 Å². The predicted octanol–water partition coefficient (Wildman–Crippen LogP) is -0.0715. The molecule has 2 rings (SSSR count). The van der Waals surface area contributed by atoms with Crippen molar-refractivity contribution in [1.29, 1.82) is 0 Å². The van der Waals surface area contributed by atoms with E-state index in [0.29, 0.717) is 5.82 Å². The quantitative estimate of drug-likeness (QED) is 0.339. The molecule has 2 aromatic rings. The Balaban J connectivity index is 2.23. The number of nitrogen functional groups attached to an aromatic ring is 1. The number of nitrogens with zero attached hydrogens (tertiary/aromatic N) is 3. The van der Waals surface area contributed by atoms with Crippen LogP contribution in [-0.4, -0.2) is 26.0 Å². The molecule has 1 amide bonds. The fourth-order valence-corrected chi connectivity index (χ4v) is 1.62. The van der Waals surface area contributed by atoms with Gasteiger partial charge in [-0.05, 0) is 12.1 Å². The van der Waals surface area contributed by atoms with Crippen LogP contribution in [0.5, 0.6) is 0 Å². The molecule has 0 saturated heterocycles. The number of nitrogens with two attached hydrogens (primary N) is 1. The van der Waals surface area contributed by atoms with Crippen LogP contribution >= 0.6 is 0 Å². The molecule has 5 N–H and O–H groups in total. The van der Waals surface area contributed by atoms with E-state index < -0.39 is 10.8 Å². The van der Waals surface area contributed by atoms with E-state index in [1.165, 1.54) is 24.5 Å². The lowest BCUT2D eigenvalue weighted by Crippen LogP contribution is -2.25. The number of aromatic nitrogens is 3. The fourth-order valence-electron chi connectivity index (χ4n) is 1.62. The number of amides is 1. The molecule has 20 heavy (non-hydrogen) atoms. The molecule has 0 spiro atoms. The Hall–Kier alpha value is -3.01. The van der Waals surface area contributed by atoms with Gasteiger partial charge in [0.2, 0.25) is 0 Å². The second-order valence-corrected chi connectivity index (χ2v) is 3.72. The Labute approximate surface area is 112 Å². The van der Waals surface area contributed by atoms with Gasteiger partial charge < -0.3 is 10.7 Å². The van der Waals surface area contributed by atoms with Crippen LogP contribution in [0, 0.1) is 10.1 Å². The molecule has 0 fully saturated rings. The number of nitro benzene ring substituents is 1. The number of carbonyl (C=O) groups is 1. The summed E-state index contributed by atoms with van der Waals surface area (Å²) in [6.45, 7) is 0.0796. The van der Waals surface area contributed by atoms with Gasteiger partial charge in [-0.15, -0.1) is 0 Å². The van der Waals surface area contributed by atoms with Crippen molar-refractivity contribution in [3.05, 3.63) is 46.0 Å². The van der Waals surface area contributed by atoms with Gasteiger partial charge in [-0.2, -0.15) is 5.10 Å². The van der Waals surface area contributed by atoms with Crippen molar-refractivity contribution in [2.24, 2.45) is 5.84 Å². The van der Waals surface area contributed by atoms with E-state index in [1.54, 1.807) is 0 Å². The summed E-state index contributed by atoms with van der Waals surface area (Å²) in [5.74, 6) is 5.03. The van der Waals surface area contributed by atoms with Crippen LogP contribution in [0.15, 0.2) is 24.5 Å². The summed E-state index contributed by atoms with van der Waals surface area (Å²) in [5, 5.41) is 19.7. The number of H-pyrrole nitrogens is 1. The predicted molar refractivity (Wildman–Crippen MR) is 68.5 cm³/mol. The summed E-state index contributed by atoms with van der Waals surface area (Å²) in [7, 11) is 0. The Kier molecular flexibility index (Phi) is 3.86. The zero-order valence-corrected chi connectivity index (χ0v) is 10.2. The third-order valence-electron chi connectivity index (χ3n) is 2.50. The zero-order chi connectivity index (χ0) is 14.5. The lowest BCUT2D eigenvalue weighted by molar-refractivity contribution is -0.384. The maximum absolute atomic E-state index is 12.0. The number of nitro groups is 1. The summed E-state index contributed by atoms with van der Waals surface area (Å²) in [6.07, 6.45) is 1.29. The standard InChI is InChI=1S/C10H11N7O3/c11-15-7-3-1-2-6(9(7)17(19)20)10(18)12-4-8-13-5-14-16-8/h1-3,5,15H,4,11H2,(H,12,18)(H,13,14,16). The first-order valence-corrected chi connectivity index (χ1v) is 5.50. The van der Waals surface area contributed by atoms with Crippen LogP contribution < -0.4 is 16.6 Å². The summed E-state index contributed by atoms with van der Waals surface area (Å²) in [4.78, 5) is 26.2. The average Bonchev–Trinajstić information content (AvgIpc) is 2.96. The van der Waals surface area contributed by atoms with Gasteiger partial charge in [-0.25, -0.2) is 4.98 Å². The van der Waals surface area contributed by atoms with E-state index in [1.807, 2.05) is 0 Å². The molecule has 1 heterocycles. The summed E-state index contributed by atoms with van der Waals surface area (Å²) < 4.78 is 0. The number of rotatable bonds is 5. The van der Waals surface area contributed by atoms with Gasteiger partial charge >= 0.3 is 5.69 Å². The van der Waals surface area contributed by atoms with E-state index in [4.69, 9.17) is 5.84 Å². The second kappa shape index (κ2) is 5.75. The normalized spacial score (nSPS) is 10.1. The minimum Gasteiger partial charge on any atom is -0.345 e. The first-order chi connectivity index (χ1) is 9.63. The Morgan fingerprint density at radius 3 is 2.90 bits per heavy atom. The molecular formula is C10H11N7O3. The summed E-state index contributed by atoms with van der Waals surface area (Å²) in [5.41, 5.74) is 1.77. The van der Waals surface area contributed by atoms with Gasteiger partial charge in [0.25, 0.3) is 5.91 Å². The molecule has 0 unspecified atom stereocenters. The highest BCUT2D eigenvalue weighted by atomic mass is 16.6. The maximum atomic E-state index is 12.0. The van der Waals surface area contributed by atoms with Crippen LogP contribution in [0.4, 0.5) is 11.4 Å². The first-order valence-electron chi connectivity index (χ1n) is 5.50. The molecule has 10 nitrogen and oxygen atoms in total. The number of hydrogen-bond donors (Lipinski definition) is 4. The lowest BCUT2D eigenvalue weighted by atomic mass is 10.1. The molecule has 104 valence electrons. The lowest BCUT2D eigenvalue weighted by Gasteiger charge is -2.07. The monoisotopic (exact) mass is 277 g/mol. The number of aromatic amines is 1. The molecule has 0 aliphatic carbocycles. The summed E-state index contributed by atoms with van der Waals surface area (Å²) in [6, 6.07) is 4.24. The summed E-state index contributed by atoms with van der Waals surface area (Å²) >= 11 is 0. The van der Waals surface area contributed by atoms with Gasteiger partial charge in [-0.3, -0.25) is 25.9 Å². The molecule has 0 aliphatic heterocycles. The Bertz CT molecular complexity index is 626. The number of para-hydroxylation sites is 1. The molecule has 1 aromatic carbocycles. The Morgan fingerprint density at radius 1 is 1.50 bits per heavy atom. The molecule has 0 aliphatic rings. The highest BCUT2D eigenvalue weighted by Gasteiger charge is 2.24. The van der Waals surface area contributed by atoms with Crippen molar-refractivity contribution in [2.75, 3.05) is 5.43 Å². The van der Waals surface area contributed by atoms with Crippen LogP contribution in [0.2, 0.25) is 0 Å². The van der Waals surface area contributed by atoms with Crippen molar-refractivity contribution >= 4 is 17.3 Å². The molecule has 0 saturated carbocycles. The highest BCUT2D eigenvalue weighted by Crippen LogP contribution is 2.27. The number of nitrogens with one attached hydrogen (secondary N) is 3.